The van der Waals surface area contributed by atoms with E-state index < -0.39 is 21.7 Å². The lowest BCUT2D eigenvalue weighted by Gasteiger charge is -2.16. The predicted octanol–water partition coefficient (Wildman–Crippen LogP) is 2.59. The Morgan fingerprint density at radius 3 is 2.38 bits per heavy atom. The summed E-state index contributed by atoms with van der Waals surface area (Å²) in [5.74, 6) is -1.60. The lowest BCUT2D eigenvalue weighted by atomic mass is 10.3. The van der Waals surface area contributed by atoms with Gasteiger partial charge in [-0.3, -0.25) is 10.1 Å². The summed E-state index contributed by atoms with van der Waals surface area (Å²) < 4.78 is 3.05. The predicted molar refractivity (Wildman–Crippen MR) is 80.8 cm³/mol. The number of hydrogen-bond donors (Lipinski definition) is 1. The molecule has 21 heavy (non-hydrogen) atoms. The van der Waals surface area contributed by atoms with Crippen molar-refractivity contribution in [1.82, 2.24) is 10.3 Å². The molecule has 0 aliphatic carbocycles. The van der Waals surface area contributed by atoms with Gasteiger partial charge in [0.2, 0.25) is 0 Å². The molecule has 7 nitrogen and oxygen atoms in total. The van der Waals surface area contributed by atoms with Gasteiger partial charge in [0.1, 0.15) is 5.82 Å². The van der Waals surface area contributed by atoms with E-state index in [4.69, 9.17) is 34.8 Å². The molecule has 0 atom stereocenters. The smallest absolute Gasteiger partial charge is 0.340 e. The van der Waals surface area contributed by atoms with E-state index in [9.17, 15) is 14.4 Å². The van der Waals surface area contributed by atoms with Crippen molar-refractivity contribution in [2.75, 3.05) is 11.0 Å². The first-order valence-corrected chi connectivity index (χ1v) is 6.93. The van der Waals surface area contributed by atoms with E-state index in [1.165, 1.54) is 25.4 Å². The number of methoxy groups -OCH3 is 1. The molecule has 1 aromatic heterocycles. The highest BCUT2D eigenvalue weighted by molar-refractivity contribution is 9.10. The van der Waals surface area contributed by atoms with Crippen LogP contribution in [0.3, 0.4) is 0 Å². The van der Waals surface area contributed by atoms with Gasteiger partial charge < -0.3 is 4.74 Å². The van der Waals surface area contributed by atoms with Gasteiger partial charge in [-0.2, -0.15) is 0 Å². The van der Waals surface area contributed by atoms with Crippen molar-refractivity contribution in [3.8, 4) is 0 Å². The summed E-state index contributed by atoms with van der Waals surface area (Å²) in [7, 11) is 1.23. The van der Waals surface area contributed by atoms with Crippen LogP contribution in [0, 0.1) is 0 Å². The Hall–Kier alpha value is -1.09. The minimum atomic E-state index is -2.27. The summed E-state index contributed by atoms with van der Waals surface area (Å²) >= 11 is 18.8. The number of hydrogen-bond acceptors (Lipinski definition) is 5. The van der Waals surface area contributed by atoms with Crippen LogP contribution in [0.5, 0.6) is 0 Å². The third-order valence-electron chi connectivity index (χ3n) is 2.03. The summed E-state index contributed by atoms with van der Waals surface area (Å²) in [5.41, 5.74) is 0.194. The molecule has 0 aliphatic heterocycles. The fourth-order valence-corrected chi connectivity index (χ4v) is 1.50. The Morgan fingerprint density at radius 1 is 1.33 bits per heavy atom. The number of carbonyl (C=O) groups excluding carboxylic acids is 3. The fraction of sp³-hybridized carbons (Fsp3) is 0.200. The van der Waals surface area contributed by atoms with E-state index in [1.807, 2.05) is 5.32 Å². The molecule has 114 valence electrons. The van der Waals surface area contributed by atoms with Crippen molar-refractivity contribution in [2.24, 2.45) is 0 Å². The molecule has 1 heterocycles. The number of pyridine rings is 1. The number of alkyl halides is 3. The first-order chi connectivity index (χ1) is 9.66. The van der Waals surface area contributed by atoms with Crippen LogP contribution in [0.4, 0.5) is 10.6 Å². The van der Waals surface area contributed by atoms with Crippen molar-refractivity contribution >= 4 is 74.7 Å². The van der Waals surface area contributed by atoms with E-state index in [0.29, 0.717) is 0 Å². The lowest BCUT2D eigenvalue weighted by Crippen LogP contribution is -2.43. The van der Waals surface area contributed by atoms with Gasteiger partial charge in [-0.1, -0.05) is 34.8 Å². The molecule has 0 bridgehead atoms. The SMILES string of the molecule is COC(=O)c1ccc(N(Br)C(=O)NC(=O)C(Cl)(Cl)Cl)nc1. The zero-order valence-electron chi connectivity index (χ0n) is 10.3. The number of aromatic nitrogens is 1. The first-order valence-electron chi connectivity index (χ1n) is 5.09. The largest absolute Gasteiger partial charge is 0.465 e. The average Bonchev–Trinajstić information content (AvgIpc) is 2.44. The Balaban J connectivity index is 2.79. The maximum Gasteiger partial charge on any atom is 0.340 e. The summed E-state index contributed by atoms with van der Waals surface area (Å²) in [4.78, 5) is 38.1. The van der Waals surface area contributed by atoms with Gasteiger partial charge in [0.25, 0.3) is 9.70 Å². The van der Waals surface area contributed by atoms with E-state index in [1.54, 1.807) is 0 Å². The van der Waals surface area contributed by atoms with Gasteiger partial charge in [0, 0.05) is 6.20 Å². The Labute approximate surface area is 142 Å². The van der Waals surface area contributed by atoms with Crippen molar-refractivity contribution in [2.45, 2.75) is 3.79 Å². The quantitative estimate of drug-likeness (QED) is 0.452. The molecule has 0 aliphatic rings. The van der Waals surface area contributed by atoms with E-state index in [2.05, 4.69) is 25.9 Å². The molecular weight excluding hydrogens is 412 g/mol. The highest BCUT2D eigenvalue weighted by atomic mass is 79.9. The topological polar surface area (TPSA) is 88.6 Å². The number of halogens is 4. The van der Waals surface area contributed by atoms with E-state index >= 15 is 0 Å². The summed E-state index contributed by atoms with van der Waals surface area (Å²) in [6, 6.07) is 1.80. The molecule has 0 saturated heterocycles. The molecule has 0 fully saturated rings. The number of nitrogens with zero attached hydrogens (tertiary/aromatic N) is 2. The number of rotatable bonds is 2. The lowest BCUT2D eigenvalue weighted by molar-refractivity contribution is -0.119. The zero-order chi connectivity index (χ0) is 16.2. The molecule has 1 N–H and O–H groups in total. The van der Waals surface area contributed by atoms with Gasteiger partial charge in [-0.15, -0.1) is 0 Å². The summed E-state index contributed by atoms with van der Waals surface area (Å²) in [6.07, 6.45) is 1.19. The van der Waals surface area contributed by atoms with Crippen molar-refractivity contribution in [3.63, 3.8) is 0 Å². The number of carbonyl (C=O) groups is 3. The Kier molecular flexibility index (Phi) is 6.21. The molecule has 11 heteroatoms. The van der Waals surface area contributed by atoms with Gasteiger partial charge in [-0.05, 0) is 12.1 Å². The second-order valence-electron chi connectivity index (χ2n) is 3.43. The van der Waals surface area contributed by atoms with Crippen LogP contribution in [0.1, 0.15) is 10.4 Å². The van der Waals surface area contributed by atoms with Crippen molar-refractivity contribution in [1.29, 1.82) is 0 Å². The van der Waals surface area contributed by atoms with Crippen LogP contribution in [-0.4, -0.2) is 33.8 Å². The number of esters is 1. The van der Waals surface area contributed by atoms with E-state index in [-0.39, 0.29) is 11.4 Å². The second-order valence-corrected chi connectivity index (χ2v) is 6.43. The molecular formula is C10H7BrCl3N3O4. The van der Waals surface area contributed by atoms with Gasteiger partial charge in [-0.25, -0.2) is 18.5 Å². The number of anilines is 1. The molecule has 3 amide bonds. The number of nitrogens with one attached hydrogen (secondary N) is 1. The molecule has 0 radical (unpaired) electrons. The minimum Gasteiger partial charge on any atom is -0.465 e. The van der Waals surface area contributed by atoms with Crippen molar-refractivity contribution in [3.05, 3.63) is 23.9 Å². The zero-order valence-corrected chi connectivity index (χ0v) is 14.1. The standard InChI is InChI=1S/C10H7BrCl3N3O4/c1-21-7(18)5-2-3-6(15-4-5)17(11)9(20)16-8(19)10(12,13)14/h2-4H,1H3,(H,16,19,20). The first kappa shape index (κ1) is 18.0. The van der Waals surface area contributed by atoms with Gasteiger partial charge >= 0.3 is 12.0 Å². The van der Waals surface area contributed by atoms with Crippen molar-refractivity contribution < 1.29 is 19.1 Å². The van der Waals surface area contributed by atoms with Crippen LogP contribution < -0.4 is 9.24 Å². The molecule has 0 aromatic carbocycles. The maximum atomic E-state index is 11.7. The Morgan fingerprint density at radius 2 is 1.95 bits per heavy atom. The molecule has 1 aromatic rings. The number of urea groups is 1. The number of imide groups is 1. The Bertz CT molecular complexity index is 562. The van der Waals surface area contributed by atoms with Crippen LogP contribution in [0.2, 0.25) is 0 Å². The molecule has 0 saturated carbocycles. The summed E-state index contributed by atoms with van der Waals surface area (Å²) in [5, 5.41) is 1.84. The van der Waals surface area contributed by atoms with Crippen LogP contribution in [-0.2, 0) is 9.53 Å². The van der Waals surface area contributed by atoms with Crippen LogP contribution in [0.25, 0.3) is 0 Å². The molecule has 0 spiro atoms. The fourth-order valence-electron chi connectivity index (χ4n) is 1.06. The van der Waals surface area contributed by atoms with Crippen LogP contribution >= 0.6 is 51.0 Å². The third-order valence-corrected chi connectivity index (χ3v) is 3.23. The summed E-state index contributed by atoms with van der Waals surface area (Å²) in [6.45, 7) is 0. The normalized spacial score (nSPS) is 10.7. The van der Waals surface area contributed by atoms with Crippen LogP contribution in [0.15, 0.2) is 18.3 Å². The molecule has 1 rings (SSSR count). The highest BCUT2D eigenvalue weighted by Gasteiger charge is 2.33. The molecule has 0 unspecified atom stereocenters. The number of ether oxygens (including phenoxy) is 1. The minimum absolute atomic E-state index is 0.0947. The maximum absolute atomic E-state index is 11.7. The average molecular weight is 419 g/mol. The monoisotopic (exact) mass is 417 g/mol. The third kappa shape index (κ3) is 4.99. The number of amides is 3. The van der Waals surface area contributed by atoms with Gasteiger partial charge in [0.15, 0.2) is 0 Å². The highest BCUT2D eigenvalue weighted by Crippen LogP contribution is 2.26. The van der Waals surface area contributed by atoms with Gasteiger partial charge in [0.05, 0.1) is 28.8 Å². The second kappa shape index (κ2) is 7.26. The van der Waals surface area contributed by atoms with E-state index in [0.717, 1.165) is 3.93 Å².